The Morgan fingerprint density at radius 2 is 1.46 bits per heavy atom. The van der Waals surface area contributed by atoms with Crippen molar-refractivity contribution in [3.8, 4) is 0 Å². The van der Waals surface area contributed by atoms with Gasteiger partial charge in [0.25, 0.3) is 0 Å². The van der Waals surface area contributed by atoms with Crippen molar-refractivity contribution in [3.05, 3.63) is 0 Å². The van der Waals surface area contributed by atoms with Crippen LogP contribution >= 0.6 is 21.6 Å². The minimum atomic E-state index is -0.986. The van der Waals surface area contributed by atoms with Crippen molar-refractivity contribution in [3.63, 3.8) is 0 Å². The molecule has 0 aromatic heterocycles. The van der Waals surface area contributed by atoms with Gasteiger partial charge in [0.15, 0.2) is 0 Å². The van der Waals surface area contributed by atoms with Crippen LogP contribution in [0.15, 0.2) is 0 Å². The second kappa shape index (κ2) is 12.5. The number of rotatable bonds is 10. The number of ether oxygens (including phenoxy) is 2. The fourth-order valence-corrected chi connectivity index (χ4v) is 3.85. The molecular formula is C14H23N3O7S2. The van der Waals surface area contributed by atoms with E-state index in [1.165, 1.54) is 35.8 Å². The first-order valence-corrected chi connectivity index (χ1v) is 9.86. The van der Waals surface area contributed by atoms with Crippen LogP contribution in [-0.2, 0) is 33.4 Å². The predicted molar refractivity (Wildman–Crippen MR) is 96.9 cm³/mol. The topological polar surface area (TPSA) is 145 Å². The van der Waals surface area contributed by atoms with Gasteiger partial charge in [0, 0.05) is 25.4 Å². The summed E-state index contributed by atoms with van der Waals surface area (Å²) in [4.78, 5) is 58.4. The summed E-state index contributed by atoms with van der Waals surface area (Å²) < 4.78 is 9.12. The Labute approximate surface area is 159 Å². The first-order chi connectivity index (χ1) is 12.1. The number of hydrogen-bond acceptors (Lipinski definition) is 10. The van der Waals surface area contributed by atoms with Crippen LogP contribution in [0.4, 0.5) is 0 Å². The zero-order valence-electron chi connectivity index (χ0n) is 15.0. The van der Waals surface area contributed by atoms with Gasteiger partial charge in [-0.05, 0) is 0 Å². The van der Waals surface area contributed by atoms with Crippen LogP contribution in [0.1, 0.15) is 13.8 Å². The minimum Gasteiger partial charge on any atom is -0.468 e. The van der Waals surface area contributed by atoms with Gasteiger partial charge >= 0.3 is 11.9 Å². The molecule has 2 atom stereocenters. The van der Waals surface area contributed by atoms with Crippen LogP contribution < -0.4 is 11.1 Å². The highest BCUT2D eigenvalue weighted by Crippen LogP contribution is 2.23. The molecule has 3 amide bonds. The average Bonchev–Trinajstić information content (AvgIpc) is 2.59. The number of nitrogens with zero attached hydrogens (tertiary/aromatic N) is 1. The molecule has 0 bridgehead atoms. The Bertz CT molecular complexity index is 531. The van der Waals surface area contributed by atoms with E-state index < -0.39 is 48.3 Å². The first kappa shape index (κ1) is 24.2. The molecular weight excluding hydrogens is 386 g/mol. The van der Waals surface area contributed by atoms with Gasteiger partial charge in [-0.25, -0.2) is 4.79 Å². The molecule has 0 saturated heterocycles. The summed E-state index contributed by atoms with van der Waals surface area (Å²) in [6.07, 6.45) is 0. The van der Waals surface area contributed by atoms with Crippen LogP contribution in [0, 0.1) is 0 Å². The molecule has 26 heavy (non-hydrogen) atoms. The second-order valence-corrected chi connectivity index (χ2v) is 7.52. The van der Waals surface area contributed by atoms with Crippen molar-refractivity contribution >= 4 is 51.2 Å². The summed E-state index contributed by atoms with van der Waals surface area (Å²) in [6, 6.07) is -1.79. The Hall–Kier alpha value is -1.79. The normalized spacial score (nSPS) is 12.5. The number of imide groups is 1. The lowest BCUT2D eigenvalue weighted by molar-refractivity contribution is -0.147. The monoisotopic (exact) mass is 409 g/mol. The summed E-state index contributed by atoms with van der Waals surface area (Å²) in [5, 5.41) is 2.41. The number of nitrogens with one attached hydrogen (secondary N) is 1. The largest absolute Gasteiger partial charge is 0.468 e. The number of methoxy groups -OCH3 is 2. The molecule has 0 heterocycles. The van der Waals surface area contributed by atoms with E-state index in [4.69, 9.17) is 5.73 Å². The molecule has 0 aliphatic heterocycles. The maximum atomic E-state index is 12.0. The molecule has 0 rings (SSSR count). The van der Waals surface area contributed by atoms with Gasteiger partial charge in [-0.3, -0.25) is 24.1 Å². The zero-order valence-corrected chi connectivity index (χ0v) is 16.6. The van der Waals surface area contributed by atoms with Crippen LogP contribution in [0.3, 0.4) is 0 Å². The zero-order chi connectivity index (χ0) is 20.3. The second-order valence-electron chi connectivity index (χ2n) is 4.97. The molecule has 1 unspecified atom stereocenters. The van der Waals surface area contributed by atoms with Crippen molar-refractivity contribution in [2.45, 2.75) is 25.9 Å². The number of carbonyl (C=O) groups excluding carboxylic acids is 5. The van der Waals surface area contributed by atoms with Crippen molar-refractivity contribution in [2.75, 3.05) is 32.3 Å². The Morgan fingerprint density at radius 3 is 1.92 bits per heavy atom. The van der Waals surface area contributed by atoms with Gasteiger partial charge in [0.1, 0.15) is 18.6 Å². The van der Waals surface area contributed by atoms with Crippen LogP contribution in [0.2, 0.25) is 0 Å². The highest BCUT2D eigenvalue weighted by Gasteiger charge is 2.25. The van der Waals surface area contributed by atoms with E-state index in [1.54, 1.807) is 0 Å². The maximum absolute atomic E-state index is 12.0. The number of hydrogen-bond donors (Lipinski definition) is 2. The third-order valence-electron chi connectivity index (χ3n) is 2.95. The van der Waals surface area contributed by atoms with E-state index in [-0.39, 0.29) is 11.5 Å². The Balaban J connectivity index is 4.59. The highest BCUT2D eigenvalue weighted by molar-refractivity contribution is 8.76. The molecule has 12 heteroatoms. The van der Waals surface area contributed by atoms with Crippen molar-refractivity contribution < 1.29 is 33.4 Å². The Morgan fingerprint density at radius 1 is 0.962 bits per heavy atom. The fourth-order valence-electron chi connectivity index (χ4n) is 1.60. The van der Waals surface area contributed by atoms with E-state index in [2.05, 4.69) is 14.8 Å². The van der Waals surface area contributed by atoms with E-state index in [1.807, 2.05) is 0 Å². The van der Waals surface area contributed by atoms with Crippen molar-refractivity contribution in [1.82, 2.24) is 10.2 Å². The third-order valence-corrected chi connectivity index (χ3v) is 5.40. The number of esters is 2. The number of amides is 3. The molecule has 3 N–H and O–H groups in total. The molecule has 148 valence electrons. The first-order valence-electron chi connectivity index (χ1n) is 7.37. The van der Waals surface area contributed by atoms with Crippen LogP contribution in [0.25, 0.3) is 0 Å². The lowest BCUT2D eigenvalue weighted by Crippen LogP contribution is -2.49. The smallest absolute Gasteiger partial charge is 0.329 e. The fraction of sp³-hybridized carbons (Fsp3) is 0.643. The number of carbonyl (C=O) groups is 5. The SMILES string of the molecule is COC(=O)C(N)CSSC[C@H](NC(=O)CN(C(C)=O)C(C)=O)C(=O)OC. The molecule has 0 spiro atoms. The van der Waals surface area contributed by atoms with Gasteiger partial charge in [-0.1, -0.05) is 21.6 Å². The lowest BCUT2D eigenvalue weighted by atomic mass is 10.3. The van der Waals surface area contributed by atoms with Gasteiger partial charge in [0.2, 0.25) is 17.7 Å². The number of nitrogens with two attached hydrogens (primary N) is 1. The summed E-state index contributed by atoms with van der Waals surface area (Å²) in [5.74, 6) is -2.68. The van der Waals surface area contributed by atoms with Gasteiger partial charge in [0.05, 0.1) is 14.2 Å². The summed E-state index contributed by atoms with van der Waals surface area (Å²) >= 11 is 0. The molecule has 0 radical (unpaired) electrons. The van der Waals surface area contributed by atoms with Gasteiger partial charge in [-0.15, -0.1) is 0 Å². The molecule has 10 nitrogen and oxygen atoms in total. The maximum Gasteiger partial charge on any atom is 0.329 e. The van der Waals surface area contributed by atoms with Gasteiger partial charge in [-0.2, -0.15) is 0 Å². The lowest BCUT2D eigenvalue weighted by Gasteiger charge is -2.20. The molecule has 0 saturated carbocycles. The third kappa shape index (κ3) is 9.06. The van der Waals surface area contributed by atoms with Gasteiger partial charge < -0.3 is 20.5 Å². The molecule has 0 fully saturated rings. The van der Waals surface area contributed by atoms with Crippen molar-refractivity contribution in [2.24, 2.45) is 5.73 Å². The van der Waals surface area contributed by atoms with E-state index in [0.717, 1.165) is 18.7 Å². The molecule has 0 aromatic carbocycles. The van der Waals surface area contributed by atoms with E-state index in [0.29, 0.717) is 0 Å². The van der Waals surface area contributed by atoms with E-state index in [9.17, 15) is 24.0 Å². The minimum absolute atomic E-state index is 0.136. The summed E-state index contributed by atoms with van der Waals surface area (Å²) in [5.41, 5.74) is 5.58. The van der Waals surface area contributed by atoms with Crippen LogP contribution in [-0.4, -0.2) is 78.9 Å². The van der Waals surface area contributed by atoms with E-state index >= 15 is 0 Å². The summed E-state index contributed by atoms with van der Waals surface area (Å²) in [6.45, 7) is 1.82. The van der Waals surface area contributed by atoms with Crippen molar-refractivity contribution in [1.29, 1.82) is 0 Å². The average molecular weight is 409 g/mol. The Kier molecular flexibility index (Phi) is 11.7. The molecule has 0 aromatic rings. The molecule has 0 aliphatic rings. The van der Waals surface area contributed by atoms with Crippen LogP contribution in [0.5, 0.6) is 0 Å². The summed E-state index contributed by atoms with van der Waals surface area (Å²) in [7, 11) is 4.83. The quantitative estimate of drug-likeness (QED) is 0.259. The molecule has 0 aliphatic carbocycles. The predicted octanol–water partition coefficient (Wildman–Crippen LogP) is -1.08. The highest BCUT2D eigenvalue weighted by atomic mass is 33.1. The standard InChI is InChI=1S/C14H23N3O7S2/c1-8(18)17(9(2)19)5-12(20)16-11(14(22)24-4)7-26-25-6-10(15)13(21)23-3/h10-11H,5-7,15H2,1-4H3,(H,16,20)/t10?,11-/m0/s1.